The van der Waals surface area contributed by atoms with E-state index in [1.54, 1.807) is 0 Å². The predicted molar refractivity (Wildman–Crippen MR) is 69.0 cm³/mol. The van der Waals surface area contributed by atoms with E-state index < -0.39 is 35.6 Å². The van der Waals surface area contributed by atoms with Gasteiger partial charge in [-0.3, -0.25) is 14.5 Å². The predicted octanol–water partition coefficient (Wildman–Crippen LogP) is 2.68. The van der Waals surface area contributed by atoms with E-state index in [1.807, 2.05) is 0 Å². The summed E-state index contributed by atoms with van der Waals surface area (Å²) in [5.41, 5.74) is -0.597. The quantitative estimate of drug-likeness (QED) is 0.920. The lowest BCUT2D eigenvalue weighted by molar-refractivity contribution is -0.136. The van der Waals surface area contributed by atoms with Crippen LogP contribution in [0, 0.1) is 11.6 Å². The van der Waals surface area contributed by atoms with E-state index in [9.17, 15) is 18.4 Å². The number of aliphatic carboxylic acids is 1. The van der Waals surface area contributed by atoms with Gasteiger partial charge >= 0.3 is 5.97 Å². The Hall–Kier alpha value is -2.70. The van der Waals surface area contributed by atoms with Gasteiger partial charge in [-0.2, -0.15) is 0 Å². The Bertz CT molecular complexity index is 635. The summed E-state index contributed by atoms with van der Waals surface area (Å²) in [6, 6.07) is 5.90. The van der Waals surface area contributed by atoms with Crippen LogP contribution in [-0.2, 0) is 4.79 Å². The molecule has 1 N–H and O–H groups in total. The number of para-hydroxylation sites is 1. The first-order valence-electron chi connectivity index (χ1n) is 6.02. The summed E-state index contributed by atoms with van der Waals surface area (Å²) in [5, 5.41) is 8.71. The number of hydrogen-bond acceptors (Lipinski definition) is 3. The van der Waals surface area contributed by atoms with Crippen molar-refractivity contribution in [2.45, 2.75) is 6.42 Å². The van der Waals surface area contributed by atoms with Gasteiger partial charge < -0.3 is 9.52 Å². The van der Waals surface area contributed by atoms with Crippen molar-refractivity contribution < 1.29 is 27.9 Å². The van der Waals surface area contributed by atoms with Crippen molar-refractivity contribution in [3.8, 4) is 0 Å². The van der Waals surface area contributed by atoms with Crippen molar-refractivity contribution >= 4 is 17.6 Å². The fraction of sp³-hybridized carbons (Fsp3) is 0.143. The Balaban J connectivity index is 2.40. The summed E-state index contributed by atoms with van der Waals surface area (Å²) in [4.78, 5) is 23.6. The third kappa shape index (κ3) is 3.25. The normalized spacial score (nSPS) is 10.4. The highest BCUT2D eigenvalue weighted by Gasteiger charge is 2.26. The molecule has 1 heterocycles. The molecule has 0 unspecified atom stereocenters. The molecule has 1 aromatic heterocycles. The van der Waals surface area contributed by atoms with E-state index in [1.165, 1.54) is 18.4 Å². The molecule has 1 amide bonds. The van der Waals surface area contributed by atoms with Crippen LogP contribution in [0.4, 0.5) is 14.5 Å². The van der Waals surface area contributed by atoms with Crippen molar-refractivity contribution in [2.75, 3.05) is 11.4 Å². The average molecular weight is 295 g/mol. The molecule has 0 atom stereocenters. The van der Waals surface area contributed by atoms with Crippen LogP contribution in [0.3, 0.4) is 0 Å². The lowest BCUT2D eigenvalue weighted by Gasteiger charge is -2.22. The molecule has 2 aromatic rings. The van der Waals surface area contributed by atoms with Crippen molar-refractivity contribution in [2.24, 2.45) is 0 Å². The minimum Gasteiger partial charge on any atom is -0.481 e. The van der Waals surface area contributed by atoms with Crippen molar-refractivity contribution in [1.82, 2.24) is 0 Å². The third-order valence-electron chi connectivity index (χ3n) is 2.73. The summed E-state index contributed by atoms with van der Waals surface area (Å²) in [6.07, 6.45) is 0.778. The number of benzene rings is 1. The summed E-state index contributed by atoms with van der Waals surface area (Å²) in [7, 11) is 0. The molecule has 0 saturated carbocycles. The van der Waals surface area contributed by atoms with Gasteiger partial charge in [-0.1, -0.05) is 6.07 Å². The van der Waals surface area contributed by atoms with E-state index >= 15 is 0 Å². The number of furan rings is 1. The van der Waals surface area contributed by atoms with Gasteiger partial charge in [0.15, 0.2) is 5.76 Å². The number of anilines is 1. The zero-order valence-electron chi connectivity index (χ0n) is 10.8. The molecule has 5 nitrogen and oxygen atoms in total. The average Bonchev–Trinajstić information content (AvgIpc) is 2.95. The van der Waals surface area contributed by atoms with Crippen LogP contribution in [0.5, 0.6) is 0 Å². The van der Waals surface area contributed by atoms with Gasteiger partial charge in [-0.25, -0.2) is 8.78 Å². The minimum absolute atomic E-state index is 0.136. The van der Waals surface area contributed by atoms with Gasteiger partial charge in [0, 0.05) is 6.54 Å². The number of carbonyl (C=O) groups excluding carboxylic acids is 1. The Morgan fingerprint density at radius 1 is 1.14 bits per heavy atom. The molecule has 0 radical (unpaired) electrons. The lowest BCUT2D eigenvalue weighted by Crippen LogP contribution is -2.34. The van der Waals surface area contributed by atoms with Crippen LogP contribution in [0.25, 0.3) is 0 Å². The van der Waals surface area contributed by atoms with E-state index in [0.717, 1.165) is 23.1 Å². The maximum atomic E-state index is 13.8. The summed E-state index contributed by atoms with van der Waals surface area (Å²) < 4.78 is 32.5. The summed E-state index contributed by atoms with van der Waals surface area (Å²) in [6.45, 7) is -0.382. The number of amides is 1. The van der Waals surface area contributed by atoms with Gasteiger partial charge in [0.05, 0.1) is 12.7 Å². The van der Waals surface area contributed by atoms with Gasteiger partial charge in [-0.15, -0.1) is 0 Å². The molecule has 0 fully saturated rings. The second kappa shape index (κ2) is 6.17. The molecule has 2 rings (SSSR count). The second-order valence-electron chi connectivity index (χ2n) is 4.15. The Labute approximate surface area is 118 Å². The first kappa shape index (κ1) is 14.7. The molecular weight excluding hydrogens is 284 g/mol. The van der Waals surface area contributed by atoms with Crippen molar-refractivity contribution in [3.63, 3.8) is 0 Å². The number of hydrogen-bond donors (Lipinski definition) is 1. The van der Waals surface area contributed by atoms with E-state index in [4.69, 9.17) is 9.52 Å². The number of carbonyl (C=O) groups is 2. The topological polar surface area (TPSA) is 70.8 Å². The largest absolute Gasteiger partial charge is 0.481 e. The second-order valence-corrected chi connectivity index (χ2v) is 4.15. The van der Waals surface area contributed by atoms with Gasteiger partial charge in [0.1, 0.15) is 17.3 Å². The molecule has 0 saturated heterocycles. The molecule has 0 bridgehead atoms. The lowest BCUT2D eigenvalue weighted by atomic mass is 10.2. The molecule has 110 valence electrons. The Morgan fingerprint density at radius 3 is 2.33 bits per heavy atom. The van der Waals surface area contributed by atoms with Gasteiger partial charge in [-0.05, 0) is 24.3 Å². The molecule has 21 heavy (non-hydrogen) atoms. The van der Waals surface area contributed by atoms with E-state index in [0.29, 0.717) is 0 Å². The number of nitrogens with zero attached hydrogens (tertiary/aromatic N) is 1. The Morgan fingerprint density at radius 2 is 1.81 bits per heavy atom. The monoisotopic (exact) mass is 295 g/mol. The van der Waals surface area contributed by atoms with Crippen LogP contribution >= 0.6 is 0 Å². The highest BCUT2D eigenvalue weighted by atomic mass is 19.1. The van der Waals surface area contributed by atoms with Crippen molar-refractivity contribution in [1.29, 1.82) is 0 Å². The molecule has 0 aliphatic rings. The summed E-state index contributed by atoms with van der Waals surface area (Å²) in [5.74, 6) is -4.06. The molecule has 0 spiro atoms. The smallest absolute Gasteiger partial charge is 0.305 e. The fourth-order valence-electron chi connectivity index (χ4n) is 1.80. The highest BCUT2D eigenvalue weighted by Crippen LogP contribution is 2.25. The first-order valence-corrected chi connectivity index (χ1v) is 6.02. The zero-order chi connectivity index (χ0) is 15.4. The molecule has 1 aromatic carbocycles. The summed E-state index contributed by atoms with van der Waals surface area (Å²) >= 11 is 0. The van der Waals surface area contributed by atoms with Gasteiger partial charge in [0.25, 0.3) is 5.91 Å². The van der Waals surface area contributed by atoms with Crippen LogP contribution in [0.2, 0.25) is 0 Å². The van der Waals surface area contributed by atoms with E-state index in [2.05, 4.69) is 0 Å². The maximum Gasteiger partial charge on any atom is 0.305 e. The standard InChI is InChI=1S/C14H11F2NO4/c15-9-3-1-4-10(16)13(9)17(7-6-12(18)19)14(20)11-5-2-8-21-11/h1-5,8H,6-7H2,(H,18,19). The molecule has 7 heteroatoms. The third-order valence-corrected chi connectivity index (χ3v) is 2.73. The maximum absolute atomic E-state index is 13.8. The first-order chi connectivity index (χ1) is 10.0. The molecule has 0 aliphatic heterocycles. The number of rotatable bonds is 5. The molecule has 0 aliphatic carbocycles. The number of halogens is 2. The van der Waals surface area contributed by atoms with Crippen LogP contribution < -0.4 is 4.90 Å². The molecular formula is C14H11F2NO4. The zero-order valence-corrected chi connectivity index (χ0v) is 10.8. The number of carboxylic acids is 1. The van der Waals surface area contributed by atoms with Crippen LogP contribution in [0.1, 0.15) is 17.0 Å². The Kier molecular flexibility index (Phi) is 4.32. The fourth-order valence-corrected chi connectivity index (χ4v) is 1.80. The number of carboxylic acid groups (broad SMARTS) is 1. The highest BCUT2D eigenvalue weighted by molar-refractivity contribution is 6.04. The SMILES string of the molecule is O=C(O)CCN(C(=O)c1ccco1)c1c(F)cccc1F. The van der Waals surface area contributed by atoms with Crippen molar-refractivity contribution in [3.05, 3.63) is 54.0 Å². The van der Waals surface area contributed by atoms with Crippen LogP contribution in [-0.4, -0.2) is 23.5 Å². The minimum atomic E-state index is -1.19. The van der Waals surface area contributed by atoms with Gasteiger partial charge in [0.2, 0.25) is 0 Å². The van der Waals surface area contributed by atoms with Crippen LogP contribution in [0.15, 0.2) is 41.0 Å². The van der Waals surface area contributed by atoms with E-state index in [-0.39, 0.29) is 12.3 Å².